The summed E-state index contributed by atoms with van der Waals surface area (Å²) >= 11 is 16.8. The van der Waals surface area contributed by atoms with Crippen LogP contribution in [-0.2, 0) is 4.79 Å². The molecular weight excluding hydrogens is 449 g/mol. The van der Waals surface area contributed by atoms with E-state index in [2.05, 4.69) is 16.2 Å². The first-order chi connectivity index (χ1) is 14.3. The van der Waals surface area contributed by atoms with E-state index < -0.39 is 11.8 Å². The molecule has 1 unspecified atom stereocenters. The third-order valence-corrected chi connectivity index (χ3v) is 4.54. The molecule has 2 aromatic rings. The van der Waals surface area contributed by atoms with Crippen molar-refractivity contribution in [2.45, 2.75) is 26.4 Å². The zero-order valence-corrected chi connectivity index (χ0v) is 18.7. The van der Waals surface area contributed by atoms with Crippen LogP contribution in [0.15, 0.2) is 42.5 Å². The van der Waals surface area contributed by atoms with Crippen molar-refractivity contribution in [1.82, 2.24) is 16.2 Å². The second-order valence-corrected chi connectivity index (χ2v) is 7.44. The zero-order valence-electron chi connectivity index (χ0n) is 16.3. The van der Waals surface area contributed by atoms with Gasteiger partial charge < -0.3 is 9.47 Å². The van der Waals surface area contributed by atoms with E-state index in [-0.39, 0.29) is 22.8 Å². The number of thiocarbonyl (C=S) groups is 1. The van der Waals surface area contributed by atoms with Crippen molar-refractivity contribution in [3.63, 3.8) is 0 Å². The second-order valence-electron chi connectivity index (χ2n) is 6.18. The van der Waals surface area contributed by atoms with Gasteiger partial charge in [0.05, 0.1) is 11.1 Å². The quantitative estimate of drug-likeness (QED) is 0.421. The molecule has 0 fully saturated rings. The van der Waals surface area contributed by atoms with Crippen LogP contribution < -0.4 is 25.6 Å². The number of hydrogen-bond donors (Lipinski definition) is 3. The minimum atomic E-state index is -0.526. The molecule has 3 N–H and O–H groups in total. The highest BCUT2D eigenvalue weighted by molar-refractivity contribution is 7.80. The molecule has 1 atom stereocenters. The minimum absolute atomic E-state index is 0.0336. The topological polar surface area (TPSA) is 88.7 Å². The van der Waals surface area contributed by atoms with E-state index in [4.69, 9.17) is 44.9 Å². The first-order valence-electron chi connectivity index (χ1n) is 9.03. The van der Waals surface area contributed by atoms with E-state index in [0.717, 1.165) is 6.42 Å². The smallest absolute Gasteiger partial charge is 0.276 e. The number of carbonyl (C=O) groups is 2. The van der Waals surface area contributed by atoms with Gasteiger partial charge in [-0.1, -0.05) is 36.2 Å². The van der Waals surface area contributed by atoms with E-state index in [1.165, 1.54) is 6.07 Å². The number of carbonyl (C=O) groups excluding carboxylic acids is 2. The highest BCUT2D eigenvalue weighted by atomic mass is 35.5. The molecule has 2 amide bonds. The average molecular weight is 470 g/mol. The van der Waals surface area contributed by atoms with Crippen molar-refractivity contribution >= 4 is 52.3 Å². The maximum atomic E-state index is 12.3. The fourth-order valence-corrected chi connectivity index (χ4v) is 2.74. The van der Waals surface area contributed by atoms with Crippen molar-refractivity contribution in [3.8, 4) is 11.5 Å². The normalized spacial score (nSPS) is 11.2. The largest absolute Gasteiger partial charge is 0.491 e. The number of hydrogen-bond acceptors (Lipinski definition) is 5. The summed E-state index contributed by atoms with van der Waals surface area (Å²) < 4.78 is 11.0. The third-order valence-electron chi connectivity index (χ3n) is 3.80. The Morgan fingerprint density at radius 3 is 2.60 bits per heavy atom. The van der Waals surface area contributed by atoms with Crippen molar-refractivity contribution < 1.29 is 19.1 Å². The molecule has 2 rings (SSSR count). The maximum absolute atomic E-state index is 12.3. The fraction of sp³-hybridized carbons (Fsp3) is 0.250. The van der Waals surface area contributed by atoms with E-state index in [1.807, 2.05) is 13.8 Å². The van der Waals surface area contributed by atoms with E-state index in [9.17, 15) is 9.59 Å². The van der Waals surface area contributed by atoms with Gasteiger partial charge in [0.15, 0.2) is 11.7 Å². The lowest BCUT2D eigenvalue weighted by Gasteiger charge is -2.14. The van der Waals surface area contributed by atoms with Crippen molar-refractivity contribution in [3.05, 3.63) is 58.1 Å². The van der Waals surface area contributed by atoms with Crippen LogP contribution in [0.4, 0.5) is 0 Å². The van der Waals surface area contributed by atoms with E-state index in [0.29, 0.717) is 22.1 Å². The fourth-order valence-electron chi connectivity index (χ4n) is 2.13. The van der Waals surface area contributed by atoms with Crippen LogP contribution in [0.5, 0.6) is 11.5 Å². The molecule has 0 spiro atoms. The van der Waals surface area contributed by atoms with Gasteiger partial charge in [-0.15, -0.1) is 0 Å². The van der Waals surface area contributed by atoms with Crippen LogP contribution >= 0.6 is 35.4 Å². The Balaban J connectivity index is 1.79. The van der Waals surface area contributed by atoms with Crippen LogP contribution in [0.3, 0.4) is 0 Å². The van der Waals surface area contributed by atoms with Crippen molar-refractivity contribution in [2.75, 3.05) is 6.61 Å². The molecule has 0 saturated carbocycles. The number of amides is 2. The van der Waals surface area contributed by atoms with Gasteiger partial charge in [0.2, 0.25) is 0 Å². The summed E-state index contributed by atoms with van der Waals surface area (Å²) in [6.07, 6.45) is 0.879. The van der Waals surface area contributed by atoms with Crippen molar-refractivity contribution in [2.24, 2.45) is 0 Å². The van der Waals surface area contributed by atoms with Gasteiger partial charge in [-0.3, -0.25) is 25.8 Å². The predicted molar refractivity (Wildman–Crippen MR) is 120 cm³/mol. The lowest BCUT2D eigenvalue weighted by atomic mass is 10.2. The standard InChI is InChI=1S/C20H21Cl2N3O4S/c1-3-12(2)29-15-6-4-5-13(9-15)19(27)23-20(30)25-24-18(26)11-28-17-8-7-14(21)10-16(17)22/h4-10,12H,3,11H2,1-2H3,(H,24,26)(H2,23,25,27,30). The summed E-state index contributed by atoms with van der Waals surface area (Å²) in [5, 5.41) is 3.13. The lowest BCUT2D eigenvalue weighted by molar-refractivity contribution is -0.123. The molecule has 0 heterocycles. The van der Waals surface area contributed by atoms with E-state index in [1.54, 1.807) is 36.4 Å². The molecule has 7 nitrogen and oxygen atoms in total. The molecule has 0 bridgehead atoms. The molecular formula is C20H21Cl2N3O4S. The van der Waals surface area contributed by atoms with E-state index >= 15 is 0 Å². The Kier molecular flexibility index (Phi) is 9.16. The number of ether oxygens (including phenoxy) is 2. The second kappa shape index (κ2) is 11.6. The molecule has 0 aliphatic rings. The van der Waals surface area contributed by atoms with Crippen LogP contribution in [-0.4, -0.2) is 29.6 Å². The highest BCUT2D eigenvalue weighted by Crippen LogP contribution is 2.27. The monoisotopic (exact) mass is 469 g/mol. The van der Waals surface area contributed by atoms with Gasteiger partial charge in [-0.25, -0.2) is 0 Å². The Hall–Kier alpha value is -2.55. The minimum Gasteiger partial charge on any atom is -0.491 e. The molecule has 0 aromatic heterocycles. The summed E-state index contributed by atoms with van der Waals surface area (Å²) in [6.45, 7) is 3.63. The van der Waals surface area contributed by atoms with Crippen LogP contribution in [0.2, 0.25) is 10.0 Å². The Bertz CT molecular complexity index is 927. The zero-order chi connectivity index (χ0) is 22.1. The third kappa shape index (κ3) is 7.70. The Morgan fingerprint density at radius 1 is 1.13 bits per heavy atom. The number of nitrogens with one attached hydrogen (secondary N) is 3. The van der Waals surface area contributed by atoms with Crippen LogP contribution in [0, 0.1) is 0 Å². The number of halogens is 2. The number of hydrazine groups is 1. The van der Waals surface area contributed by atoms with Gasteiger partial charge >= 0.3 is 0 Å². The molecule has 2 aromatic carbocycles. The van der Waals surface area contributed by atoms with Crippen LogP contribution in [0.1, 0.15) is 30.6 Å². The Labute approximate surface area is 190 Å². The summed E-state index contributed by atoms with van der Waals surface area (Å²) in [5.41, 5.74) is 5.12. The maximum Gasteiger partial charge on any atom is 0.276 e. The molecule has 0 aliphatic heterocycles. The summed E-state index contributed by atoms with van der Waals surface area (Å²) in [4.78, 5) is 24.2. The van der Waals surface area contributed by atoms with Crippen molar-refractivity contribution in [1.29, 1.82) is 0 Å². The molecule has 0 saturated heterocycles. The molecule has 30 heavy (non-hydrogen) atoms. The Morgan fingerprint density at radius 2 is 1.90 bits per heavy atom. The first kappa shape index (κ1) is 23.7. The molecule has 0 aliphatic carbocycles. The summed E-state index contributed by atoms with van der Waals surface area (Å²) in [5.74, 6) is -0.0732. The SMILES string of the molecule is CCC(C)Oc1cccc(C(=O)NC(=S)NNC(=O)COc2ccc(Cl)cc2Cl)c1. The average Bonchev–Trinajstić information content (AvgIpc) is 2.71. The molecule has 10 heteroatoms. The summed E-state index contributed by atoms with van der Waals surface area (Å²) in [7, 11) is 0. The van der Waals surface area contributed by atoms with Gasteiger partial charge in [0.1, 0.15) is 11.5 Å². The first-order valence-corrected chi connectivity index (χ1v) is 10.2. The van der Waals surface area contributed by atoms with Gasteiger partial charge in [-0.05, 0) is 62.0 Å². The van der Waals surface area contributed by atoms with Gasteiger partial charge in [0.25, 0.3) is 11.8 Å². The van der Waals surface area contributed by atoms with Gasteiger partial charge in [0, 0.05) is 10.6 Å². The number of rotatable bonds is 7. The summed E-state index contributed by atoms with van der Waals surface area (Å²) in [6, 6.07) is 11.4. The van der Waals surface area contributed by atoms with Crippen LogP contribution in [0.25, 0.3) is 0 Å². The number of benzene rings is 2. The molecule has 160 valence electrons. The highest BCUT2D eigenvalue weighted by Gasteiger charge is 2.11. The van der Waals surface area contributed by atoms with Gasteiger partial charge in [-0.2, -0.15) is 0 Å². The lowest BCUT2D eigenvalue weighted by Crippen LogP contribution is -2.49. The molecule has 0 radical (unpaired) electrons. The predicted octanol–water partition coefficient (Wildman–Crippen LogP) is 3.89.